The van der Waals surface area contributed by atoms with Crippen molar-refractivity contribution in [1.29, 1.82) is 5.26 Å². The number of aliphatic hydroxyl groups is 2. The molecule has 0 unspecified atom stereocenters. The number of aliphatic hydroxyl groups excluding tert-OH is 2. The van der Waals surface area contributed by atoms with Gasteiger partial charge in [-0.25, -0.2) is 0 Å². The van der Waals surface area contributed by atoms with E-state index in [4.69, 9.17) is 19.8 Å². The first-order valence-corrected chi connectivity index (χ1v) is 3.82. The molecule has 5 nitrogen and oxygen atoms in total. The maximum Gasteiger partial charge on any atom is 0.178 e. The fourth-order valence-electron chi connectivity index (χ4n) is 1.10. The molecule has 72 valence electrons. The Kier molecular flexibility index (Phi) is 3.39. The van der Waals surface area contributed by atoms with E-state index in [0.717, 1.165) is 0 Å². The summed E-state index contributed by atoms with van der Waals surface area (Å²) in [6.07, 6.45) is -1.14. The number of hydrogen-bond acceptors (Lipinski definition) is 5. The summed E-state index contributed by atoms with van der Waals surface area (Å²) in [6, 6.07) is 1.82. The molecule has 0 aromatic carbocycles. The van der Waals surface area contributed by atoms with Crippen LogP contribution < -0.4 is 0 Å². The SMILES string of the molecule is CO[C@@H]1C=C(C#N)[C@H](O)[C@@H](CO)O1. The Morgan fingerprint density at radius 1 is 1.77 bits per heavy atom. The fraction of sp³-hybridized carbons (Fsp3) is 0.625. The van der Waals surface area contributed by atoms with Gasteiger partial charge < -0.3 is 19.7 Å². The monoisotopic (exact) mass is 185 g/mol. The number of methoxy groups -OCH3 is 1. The normalized spacial score (nSPS) is 33.7. The van der Waals surface area contributed by atoms with E-state index in [2.05, 4.69) is 0 Å². The van der Waals surface area contributed by atoms with Crippen LogP contribution in [-0.4, -0.2) is 42.4 Å². The Morgan fingerprint density at radius 2 is 2.46 bits per heavy atom. The van der Waals surface area contributed by atoms with Crippen LogP contribution in [0.2, 0.25) is 0 Å². The summed E-state index contributed by atoms with van der Waals surface area (Å²) in [6.45, 7) is -0.347. The molecule has 3 atom stereocenters. The smallest absolute Gasteiger partial charge is 0.178 e. The van der Waals surface area contributed by atoms with Crippen molar-refractivity contribution >= 4 is 0 Å². The van der Waals surface area contributed by atoms with Gasteiger partial charge in [-0.15, -0.1) is 0 Å². The molecule has 1 aliphatic rings. The highest BCUT2D eigenvalue weighted by molar-refractivity contribution is 5.28. The fourth-order valence-corrected chi connectivity index (χ4v) is 1.10. The molecule has 0 amide bonds. The predicted octanol–water partition coefficient (Wildman–Crippen LogP) is -0.839. The number of nitrogens with zero attached hydrogens (tertiary/aromatic N) is 1. The molecule has 0 bridgehead atoms. The van der Waals surface area contributed by atoms with E-state index in [-0.39, 0.29) is 12.2 Å². The molecule has 0 aliphatic carbocycles. The summed E-state index contributed by atoms with van der Waals surface area (Å²) in [5.41, 5.74) is 0.164. The minimum Gasteiger partial charge on any atom is -0.394 e. The van der Waals surface area contributed by atoms with E-state index in [0.29, 0.717) is 0 Å². The Morgan fingerprint density at radius 3 is 2.92 bits per heavy atom. The van der Waals surface area contributed by atoms with Gasteiger partial charge in [0, 0.05) is 7.11 Å². The van der Waals surface area contributed by atoms with Crippen molar-refractivity contribution in [3.05, 3.63) is 11.6 Å². The van der Waals surface area contributed by atoms with Gasteiger partial charge in [-0.05, 0) is 6.08 Å². The van der Waals surface area contributed by atoms with Crippen LogP contribution in [0.4, 0.5) is 0 Å². The lowest BCUT2D eigenvalue weighted by Crippen LogP contribution is -2.41. The maximum absolute atomic E-state index is 9.41. The zero-order valence-corrected chi connectivity index (χ0v) is 7.17. The first-order chi connectivity index (χ1) is 6.22. The van der Waals surface area contributed by atoms with E-state index in [9.17, 15) is 5.11 Å². The van der Waals surface area contributed by atoms with Crippen LogP contribution in [0.1, 0.15) is 0 Å². The van der Waals surface area contributed by atoms with E-state index in [1.165, 1.54) is 13.2 Å². The predicted molar refractivity (Wildman–Crippen MR) is 42.5 cm³/mol. The molecule has 0 aromatic heterocycles. The second kappa shape index (κ2) is 4.35. The van der Waals surface area contributed by atoms with Gasteiger partial charge in [-0.2, -0.15) is 5.26 Å². The quantitative estimate of drug-likeness (QED) is 0.586. The molecule has 0 spiro atoms. The lowest BCUT2D eigenvalue weighted by atomic mass is 10.0. The third kappa shape index (κ3) is 2.05. The van der Waals surface area contributed by atoms with Crippen molar-refractivity contribution in [2.75, 3.05) is 13.7 Å². The van der Waals surface area contributed by atoms with Gasteiger partial charge in [0.15, 0.2) is 6.29 Å². The Balaban J connectivity index is 2.82. The minimum absolute atomic E-state index is 0.164. The molecule has 0 aromatic rings. The van der Waals surface area contributed by atoms with Gasteiger partial charge >= 0.3 is 0 Å². The van der Waals surface area contributed by atoms with Crippen molar-refractivity contribution in [2.24, 2.45) is 0 Å². The molecule has 1 aliphatic heterocycles. The summed E-state index contributed by atoms with van der Waals surface area (Å²) in [4.78, 5) is 0. The second-order valence-corrected chi connectivity index (χ2v) is 2.64. The Hall–Kier alpha value is -0.930. The second-order valence-electron chi connectivity index (χ2n) is 2.64. The molecule has 0 radical (unpaired) electrons. The molecule has 13 heavy (non-hydrogen) atoms. The molecule has 1 heterocycles. The zero-order chi connectivity index (χ0) is 9.84. The van der Waals surface area contributed by atoms with E-state index >= 15 is 0 Å². The van der Waals surface area contributed by atoms with E-state index in [1.54, 1.807) is 0 Å². The van der Waals surface area contributed by atoms with E-state index < -0.39 is 18.5 Å². The average molecular weight is 185 g/mol. The van der Waals surface area contributed by atoms with Crippen LogP contribution in [-0.2, 0) is 9.47 Å². The highest BCUT2D eigenvalue weighted by atomic mass is 16.7. The van der Waals surface area contributed by atoms with Crippen molar-refractivity contribution < 1.29 is 19.7 Å². The molecular weight excluding hydrogens is 174 g/mol. The van der Waals surface area contributed by atoms with Crippen molar-refractivity contribution in [1.82, 2.24) is 0 Å². The first kappa shape index (κ1) is 10.2. The van der Waals surface area contributed by atoms with Crippen molar-refractivity contribution in [2.45, 2.75) is 18.5 Å². The Bertz CT molecular complexity index is 245. The van der Waals surface area contributed by atoms with E-state index in [1.807, 2.05) is 6.07 Å². The average Bonchev–Trinajstić information content (AvgIpc) is 2.18. The number of ether oxygens (including phenoxy) is 2. The summed E-state index contributed by atoms with van der Waals surface area (Å²) in [5, 5.41) is 26.8. The lowest BCUT2D eigenvalue weighted by Gasteiger charge is -2.29. The topological polar surface area (TPSA) is 82.7 Å². The van der Waals surface area contributed by atoms with Crippen LogP contribution in [0.15, 0.2) is 11.6 Å². The summed E-state index contributed by atoms with van der Waals surface area (Å²) >= 11 is 0. The van der Waals surface area contributed by atoms with Crippen LogP contribution >= 0.6 is 0 Å². The number of hydrogen-bond donors (Lipinski definition) is 2. The summed E-state index contributed by atoms with van der Waals surface area (Å²) in [5.74, 6) is 0. The largest absolute Gasteiger partial charge is 0.394 e. The number of rotatable bonds is 2. The van der Waals surface area contributed by atoms with Crippen LogP contribution in [0.3, 0.4) is 0 Å². The van der Waals surface area contributed by atoms with Crippen molar-refractivity contribution in [3.8, 4) is 6.07 Å². The lowest BCUT2D eigenvalue weighted by molar-refractivity contribution is -0.170. The van der Waals surface area contributed by atoms with Crippen LogP contribution in [0.25, 0.3) is 0 Å². The van der Waals surface area contributed by atoms with Crippen molar-refractivity contribution in [3.63, 3.8) is 0 Å². The minimum atomic E-state index is -1.07. The first-order valence-electron chi connectivity index (χ1n) is 3.82. The highest BCUT2D eigenvalue weighted by Crippen LogP contribution is 2.19. The van der Waals surface area contributed by atoms with Gasteiger partial charge in [-0.3, -0.25) is 0 Å². The molecule has 1 rings (SSSR count). The maximum atomic E-state index is 9.41. The molecule has 0 saturated heterocycles. The van der Waals surface area contributed by atoms with Gasteiger partial charge in [-0.1, -0.05) is 0 Å². The third-order valence-electron chi connectivity index (χ3n) is 1.84. The molecule has 2 N–H and O–H groups in total. The van der Waals surface area contributed by atoms with Gasteiger partial charge in [0.2, 0.25) is 0 Å². The standard InChI is InChI=1S/C8H11NO4/c1-12-7-2-5(3-9)8(11)6(4-10)13-7/h2,6-8,10-11H,4H2,1H3/t6-,7+,8+/m1/s1. The molecule has 5 heteroatoms. The molecule has 0 fully saturated rings. The highest BCUT2D eigenvalue weighted by Gasteiger charge is 2.30. The van der Waals surface area contributed by atoms with Crippen LogP contribution in [0, 0.1) is 11.3 Å². The Labute approximate surface area is 75.8 Å². The summed E-state index contributed by atoms with van der Waals surface area (Å²) in [7, 11) is 1.42. The zero-order valence-electron chi connectivity index (χ0n) is 7.17. The van der Waals surface area contributed by atoms with Crippen LogP contribution in [0.5, 0.6) is 0 Å². The van der Waals surface area contributed by atoms with Gasteiger partial charge in [0.1, 0.15) is 12.2 Å². The third-order valence-corrected chi connectivity index (χ3v) is 1.84. The molecule has 0 saturated carbocycles. The van der Waals surface area contributed by atoms with Gasteiger partial charge in [0.05, 0.1) is 18.2 Å². The number of nitriles is 1. The van der Waals surface area contributed by atoms with Gasteiger partial charge in [0.25, 0.3) is 0 Å². The molecular formula is C8H11NO4. The summed E-state index contributed by atoms with van der Waals surface area (Å²) < 4.78 is 9.91.